The Labute approximate surface area is 114 Å². The molecule has 2 N–H and O–H groups in total. The number of hydrogen-bond acceptors (Lipinski definition) is 3. The van der Waals surface area contributed by atoms with Gasteiger partial charge in [-0.1, -0.05) is 0 Å². The summed E-state index contributed by atoms with van der Waals surface area (Å²) in [6.45, 7) is 2.30. The fourth-order valence-corrected chi connectivity index (χ4v) is 3.21. The normalized spacial score (nSPS) is 19.3. The van der Waals surface area contributed by atoms with Gasteiger partial charge in [-0.3, -0.25) is 0 Å². The molecule has 0 aromatic carbocycles. The van der Waals surface area contributed by atoms with Crippen LogP contribution >= 0.6 is 11.3 Å². The summed E-state index contributed by atoms with van der Waals surface area (Å²) in [4.78, 5) is 3.07. The topological polar surface area (TPSA) is 24.1 Å². The van der Waals surface area contributed by atoms with Gasteiger partial charge in [0.25, 0.3) is 0 Å². The summed E-state index contributed by atoms with van der Waals surface area (Å²) in [5.74, 6) is 0. The summed E-state index contributed by atoms with van der Waals surface area (Å²) in [7, 11) is 0. The summed E-state index contributed by atoms with van der Waals surface area (Å²) in [6, 6.07) is 6.32. The minimum atomic E-state index is 0.823. The third-order valence-electron chi connectivity index (χ3n) is 3.72. The zero-order chi connectivity index (χ0) is 12.2. The van der Waals surface area contributed by atoms with E-state index in [-0.39, 0.29) is 0 Å². The Balaban J connectivity index is 1.28. The SMILES string of the molecule is c1cc(CNC2CC2)sc1CCCCNC1CC1. The molecule has 2 aliphatic rings. The van der Waals surface area contributed by atoms with Crippen molar-refractivity contribution in [2.45, 2.75) is 63.6 Å². The number of rotatable bonds is 9. The molecule has 0 bridgehead atoms. The summed E-state index contributed by atoms with van der Waals surface area (Å²) in [5, 5.41) is 7.16. The van der Waals surface area contributed by atoms with Crippen molar-refractivity contribution in [2.75, 3.05) is 6.54 Å². The number of unbranched alkanes of at least 4 members (excludes halogenated alkanes) is 1. The van der Waals surface area contributed by atoms with Crippen LogP contribution in [0.3, 0.4) is 0 Å². The van der Waals surface area contributed by atoms with Crippen LogP contribution in [0.2, 0.25) is 0 Å². The van der Waals surface area contributed by atoms with E-state index in [2.05, 4.69) is 22.8 Å². The molecule has 3 heteroatoms. The molecule has 100 valence electrons. The van der Waals surface area contributed by atoms with Gasteiger partial charge in [0.05, 0.1) is 0 Å². The molecular weight excluding hydrogens is 240 g/mol. The van der Waals surface area contributed by atoms with E-state index in [1.54, 1.807) is 4.88 Å². The number of thiophene rings is 1. The highest BCUT2D eigenvalue weighted by Gasteiger charge is 2.20. The molecule has 2 fully saturated rings. The number of hydrogen-bond donors (Lipinski definition) is 2. The molecule has 1 heterocycles. The van der Waals surface area contributed by atoms with Crippen LogP contribution in [-0.2, 0) is 13.0 Å². The second kappa shape index (κ2) is 6.18. The third kappa shape index (κ3) is 4.38. The highest BCUT2D eigenvalue weighted by atomic mass is 32.1. The van der Waals surface area contributed by atoms with Crippen LogP contribution in [0, 0.1) is 0 Å². The van der Waals surface area contributed by atoms with Gasteiger partial charge in [-0.05, 0) is 63.6 Å². The average Bonchev–Trinajstić information content (AvgIpc) is 3.28. The Kier molecular flexibility index (Phi) is 4.34. The smallest absolute Gasteiger partial charge is 0.0302 e. The van der Waals surface area contributed by atoms with Crippen LogP contribution in [-0.4, -0.2) is 18.6 Å². The highest BCUT2D eigenvalue weighted by Crippen LogP contribution is 2.22. The van der Waals surface area contributed by atoms with Crippen molar-refractivity contribution in [1.82, 2.24) is 10.6 Å². The van der Waals surface area contributed by atoms with E-state index in [0.29, 0.717) is 0 Å². The second-order valence-corrected chi connectivity index (χ2v) is 6.96. The van der Waals surface area contributed by atoms with E-state index in [0.717, 1.165) is 18.6 Å². The first-order valence-electron chi connectivity index (χ1n) is 7.44. The zero-order valence-electron chi connectivity index (χ0n) is 11.1. The molecule has 18 heavy (non-hydrogen) atoms. The molecule has 0 saturated heterocycles. The molecule has 1 aromatic heterocycles. The lowest BCUT2D eigenvalue weighted by Crippen LogP contribution is -2.17. The quantitative estimate of drug-likeness (QED) is 0.670. The Morgan fingerprint density at radius 3 is 2.44 bits per heavy atom. The van der Waals surface area contributed by atoms with Crippen molar-refractivity contribution in [3.63, 3.8) is 0 Å². The lowest BCUT2D eigenvalue weighted by molar-refractivity contribution is 0.621. The lowest BCUT2D eigenvalue weighted by Gasteiger charge is -2.01. The largest absolute Gasteiger partial charge is 0.314 e. The van der Waals surface area contributed by atoms with Gasteiger partial charge in [-0.15, -0.1) is 11.3 Å². The van der Waals surface area contributed by atoms with Crippen LogP contribution in [0.1, 0.15) is 48.3 Å². The van der Waals surface area contributed by atoms with Gasteiger partial charge in [0.1, 0.15) is 0 Å². The van der Waals surface area contributed by atoms with E-state index in [4.69, 9.17) is 0 Å². The van der Waals surface area contributed by atoms with Gasteiger partial charge in [0, 0.05) is 28.4 Å². The van der Waals surface area contributed by atoms with Gasteiger partial charge in [-0.2, -0.15) is 0 Å². The minimum Gasteiger partial charge on any atom is -0.314 e. The van der Waals surface area contributed by atoms with Gasteiger partial charge in [-0.25, -0.2) is 0 Å². The van der Waals surface area contributed by atoms with Crippen LogP contribution in [0.4, 0.5) is 0 Å². The number of nitrogens with one attached hydrogen (secondary N) is 2. The van der Waals surface area contributed by atoms with Crippen molar-refractivity contribution < 1.29 is 0 Å². The van der Waals surface area contributed by atoms with Crippen LogP contribution in [0.25, 0.3) is 0 Å². The number of aryl methyl sites for hydroxylation is 1. The maximum Gasteiger partial charge on any atom is 0.0302 e. The van der Waals surface area contributed by atoms with E-state index < -0.39 is 0 Å². The Morgan fingerprint density at radius 2 is 1.67 bits per heavy atom. The van der Waals surface area contributed by atoms with Crippen LogP contribution in [0.15, 0.2) is 12.1 Å². The van der Waals surface area contributed by atoms with E-state index in [1.807, 2.05) is 11.3 Å². The maximum atomic E-state index is 3.58. The molecule has 0 radical (unpaired) electrons. The van der Waals surface area contributed by atoms with Crippen molar-refractivity contribution >= 4 is 11.3 Å². The first-order chi connectivity index (χ1) is 8.90. The van der Waals surface area contributed by atoms with E-state index in [1.165, 1.54) is 56.4 Å². The minimum absolute atomic E-state index is 0.823. The van der Waals surface area contributed by atoms with E-state index in [9.17, 15) is 0 Å². The zero-order valence-corrected chi connectivity index (χ0v) is 11.9. The van der Waals surface area contributed by atoms with Crippen LogP contribution < -0.4 is 10.6 Å². The standard InChI is InChI=1S/C15H24N2S/c1(2-10-16-12-4-5-12)3-14-8-9-15(18-14)11-17-13-6-7-13/h8-9,12-13,16-17H,1-7,10-11H2. The molecule has 2 nitrogen and oxygen atoms in total. The second-order valence-electron chi connectivity index (χ2n) is 5.71. The summed E-state index contributed by atoms with van der Waals surface area (Å²) >= 11 is 2.00. The first kappa shape index (κ1) is 12.6. The Bertz CT molecular complexity index is 366. The van der Waals surface area contributed by atoms with Crippen molar-refractivity contribution in [3.8, 4) is 0 Å². The first-order valence-corrected chi connectivity index (χ1v) is 8.26. The maximum absolute atomic E-state index is 3.58. The van der Waals surface area contributed by atoms with E-state index >= 15 is 0 Å². The molecule has 0 aliphatic heterocycles. The predicted molar refractivity (Wildman–Crippen MR) is 78.1 cm³/mol. The van der Waals surface area contributed by atoms with Crippen molar-refractivity contribution in [3.05, 3.63) is 21.9 Å². The van der Waals surface area contributed by atoms with Gasteiger partial charge >= 0.3 is 0 Å². The van der Waals surface area contributed by atoms with Crippen molar-refractivity contribution in [2.24, 2.45) is 0 Å². The molecular formula is C15H24N2S. The molecule has 0 unspecified atom stereocenters. The summed E-state index contributed by atoms with van der Waals surface area (Å²) in [5.41, 5.74) is 0. The van der Waals surface area contributed by atoms with Crippen molar-refractivity contribution in [1.29, 1.82) is 0 Å². The third-order valence-corrected chi connectivity index (χ3v) is 4.86. The molecule has 0 amide bonds. The molecule has 2 saturated carbocycles. The highest BCUT2D eigenvalue weighted by molar-refractivity contribution is 7.11. The summed E-state index contributed by atoms with van der Waals surface area (Å²) < 4.78 is 0. The molecule has 2 aliphatic carbocycles. The average molecular weight is 264 g/mol. The molecule has 0 spiro atoms. The van der Waals surface area contributed by atoms with Gasteiger partial charge in [0.15, 0.2) is 0 Å². The molecule has 0 atom stereocenters. The Morgan fingerprint density at radius 1 is 0.944 bits per heavy atom. The fraction of sp³-hybridized carbons (Fsp3) is 0.733. The van der Waals surface area contributed by atoms with Gasteiger partial charge in [0.2, 0.25) is 0 Å². The molecule has 3 rings (SSSR count). The van der Waals surface area contributed by atoms with Gasteiger partial charge < -0.3 is 10.6 Å². The monoisotopic (exact) mass is 264 g/mol. The molecule has 1 aromatic rings. The lowest BCUT2D eigenvalue weighted by atomic mass is 10.2. The fourth-order valence-electron chi connectivity index (χ4n) is 2.20. The Hall–Kier alpha value is -0.380. The predicted octanol–water partition coefficient (Wildman–Crippen LogP) is 3.07. The summed E-state index contributed by atoms with van der Waals surface area (Å²) in [6.07, 6.45) is 9.49. The van der Waals surface area contributed by atoms with Crippen LogP contribution in [0.5, 0.6) is 0 Å².